The molecule has 0 atom stereocenters. The summed E-state index contributed by atoms with van der Waals surface area (Å²) in [5, 5.41) is 3.90. The molecule has 0 aliphatic carbocycles. The van der Waals surface area contributed by atoms with Gasteiger partial charge in [-0.1, -0.05) is 45.4 Å². The van der Waals surface area contributed by atoms with E-state index in [1.807, 2.05) is 38.1 Å². The molecule has 0 aliphatic rings. The number of carbonyl (C=O) groups is 1. The molecule has 0 fully saturated rings. The molecule has 0 radical (unpaired) electrons. The first kappa shape index (κ1) is 18.2. The highest BCUT2D eigenvalue weighted by atomic mass is 79.9. The Labute approximate surface area is 160 Å². The average molecular weight is 416 g/mol. The van der Waals surface area contributed by atoms with Gasteiger partial charge in [-0.15, -0.1) is 0 Å². The van der Waals surface area contributed by atoms with E-state index in [2.05, 4.69) is 21.1 Å². The molecule has 5 nitrogen and oxygen atoms in total. The number of rotatable bonds is 6. The van der Waals surface area contributed by atoms with E-state index in [0.717, 1.165) is 27.1 Å². The number of aryl methyl sites for hydroxylation is 2. The van der Waals surface area contributed by atoms with E-state index >= 15 is 0 Å². The van der Waals surface area contributed by atoms with Crippen molar-refractivity contribution >= 4 is 21.9 Å². The van der Waals surface area contributed by atoms with E-state index < -0.39 is 5.97 Å². The topological polar surface area (TPSA) is 61.6 Å². The largest absolute Gasteiger partial charge is 0.489 e. The molecular weight excluding hydrogens is 398 g/mol. The summed E-state index contributed by atoms with van der Waals surface area (Å²) in [6.45, 7) is 4.24. The molecule has 0 amide bonds. The summed E-state index contributed by atoms with van der Waals surface area (Å²) in [7, 11) is 0. The predicted octanol–water partition coefficient (Wildman–Crippen LogP) is 4.99. The minimum absolute atomic E-state index is 0.199. The van der Waals surface area contributed by atoms with Crippen LogP contribution in [0, 0.1) is 13.8 Å². The molecule has 0 N–H and O–H groups in total. The van der Waals surface area contributed by atoms with Crippen molar-refractivity contribution in [1.82, 2.24) is 5.16 Å². The molecule has 6 heteroatoms. The number of benzene rings is 2. The molecule has 3 aromatic rings. The van der Waals surface area contributed by atoms with Crippen molar-refractivity contribution in [2.24, 2.45) is 0 Å². The summed E-state index contributed by atoms with van der Waals surface area (Å²) in [5.41, 5.74) is 3.05. The fourth-order valence-electron chi connectivity index (χ4n) is 2.42. The van der Waals surface area contributed by atoms with Crippen LogP contribution in [0.25, 0.3) is 0 Å². The van der Waals surface area contributed by atoms with Crippen molar-refractivity contribution in [1.29, 1.82) is 0 Å². The van der Waals surface area contributed by atoms with Crippen LogP contribution in [-0.4, -0.2) is 11.1 Å². The van der Waals surface area contributed by atoms with Crippen molar-refractivity contribution in [3.05, 3.63) is 81.1 Å². The molecule has 2 aromatic carbocycles. The molecular formula is C20H18BrNO4. The zero-order valence-corrected chi connectivity index (χ0v) is 16.1. The van der Waals surface area contributed by atoms with Crippen LogP contribution in [0.1, 0.15) is 32.9 Å². The van der Waals surface area contributed by atoms with Gasteiger partial charge in [0.1, 0.15) is 24.7 Å². The summed E-state index contributed by atoms with van der Waals surface area (Å²) >= 11 is 3.44. The molecule has 0 unspecified atom stereocenters. The van der Waals surface area contributed by atoms with Gasteiger partial charge in [-0.2, -0.15) is 0 Å². The van der Waals surface area contributed by atoms with Gasteiger partial charge in [0, 0.05) is 10.0 Å². The van der Waals surface area contributed by atoms with Crippen molar-refractivity contribution in [3.8, 4) is 5.75 Å². The van der Waals surface area contributed by atoms with Gasteiger partial charge in [0.15, 0.2) is 0 Å². The predicted molar refractivity (Wildman–Crippen MR) is 100 cm³/mol. The third-order valence-corrected chi connectivity index (χ3v) is 4.72. The van der Waals surface area contributed by atoms with E-state index in [1.165, 1.54) is 0 Å². The summed E-state index contributed by atoms with van der Waals surface area (Å²) in [6.07, 6.45) is 0. The molecule has 0 aliphatic heterocycles. The Morgan fingerprint density at radius 1 is 1.12 bits per heavy atom. The zero-order valence-electron chi connectivity index (χ0n) is 14.5. The number of ether oxygens (including phenoxy) is 2. The van der Waals surface area contributed by atoms with Crippen molar-refractivity contribution < 1.29 is 18.8 Å². The minimum atomic E-state index is -0.399. The molecule has 0 saturated heterocycles. The summed E-state index contributed by atoms with van der Waals surface area (Å²) in [6, 6.07) is 14.5. The van der Waals surface area contributed by atoms with E-state index in [0.29, 0.717) is 17.9 Å². The Balaban J connectivity index is 1.63. The Kier molecular flexibility index (Phi) is 5.73. The normalized spacial score (nSPS) is 10.6. The number of hydrogen-bond donors (Lipinski definition) is 0. The maximum absolute atomic E-state index is 12.3. The number of carbonyl (C=O) groups excluding carboxylic acids is 1. The van der Waals surface area contributed by atoms with Gasteiger partial charge in [-0.05, 0) is 38.1 Å². The molecule has 0 saturated carbocycles. The molecule has 134 valence electrons. The second kappa shape index (κ2) is 8.19. The standard InChI is InChI=1S/C20H18BrNO4/c1-13-18(14(2)26-22-13)12-24-17-8-5-7-15(10-17)20(23)25-11-16-6-3-4-9-19(16)21/h3-10H,11-12H2,1-2H3. The fraction of sp³-hybridized carbons (Fsp3) is 0.200. The molecule has 1 aromatic heterocycles. The summed E-state index contributed by atoms with van der Waals surface area (Å²) in [5.74, 6) is 0.912. The first-order valence-corrected chi connectivity index (χ1v) is 8.89. The molecule has 26 heavy (non-hydrogen) atoms. The van der Waals surface area contributed by atoms with Crippen LogP contribution >= 0.6 is 15.9 Å². The highest BCUT2D eigenvalue weighted by Gasteiger charge is 2.12. The van der Waals surface area contributed by atoms with Gasteiger partial charge in [-0.3, -0.25) is 0 Å². The summed E-state index contributed by atoms with van der Waals surface area (Å²) in [4.78, 5) is 12.3. The van der Waals surface area contributed by atoms with Crippen LogP contribution in [-0.2, 0) is 18.0 Å². The lowest BCUT2D eigenvalue weighted by atomic mass is 10.2. The van der Waals surface area contributed by atoms with E-state index in [1.54, 1.807) is 24.3 Å². The van der Waals surface area contributed by atoms with Crippen LogP contribution in [0.2, 0.25) is 0 Å². The highest BCUT2D eigenvalue weighted by Crippen LogP contribution is 2.20. The van der Waals surface area contributed by atoms with Gasteiger partial charge < -0.3 is 14.0 Å². The van der Waals surface area contributed by atoms with Gasteiger partial charge in [0.25, 0.3) is 0 Å². The van der Waals surface area contributed by atoms with Gasteiger partial charge in [-0.25, -0.2) is 4.79 Å². The minimum Gasteiger partial charge on any atom is -0.489 e. The highest BCUT2D eigenvalue weighted by molar-refractivity contribution is 9.10. The number of nitrogens with zero attached hydrogens (tertiary/aromatic N) is 1. The third-order valence-electron chi connectivity index (χ3n) is 3.95. The molecule has 1 heterocycles. The molecule has 0 spiro atoms. The van der Waals surface area contributed by atoms with Crippen LogP contribution in [0.15, 0.2) is 57.5 Å². The molecule has 0 bridgehead atoms. The number of aromatic nitrogens is 1. The van der Waals surface area contributed by atoms with Crippen LogP contribution in [0.3, 0.4) is 0 Å². The van der Waals surface area contributed by atoms with Crippen LogP contribution in [0.4, 0.5) is 0 Å². The number of halogens is 1. The second-order valence-electron chi connectivity index (χ2n) is 5.79. The SMILES string of the molecule is Cc1noc(C)c1COc1cccc(C(=O)OCc2ccccc2Br)c1. The van der Waals surface area contributed by atoms with E-state index in [4.69, 9.17) is 14.0 Å². The Bertz CT molecular complexity index is 900. The first-order chi connectivity index (χ1) is 12.5. The maximum atomic E-state index is 12.3. The lowest BCUT2D eigenvalue weighted by molar-refractivity contribution is 0.0471. The zero-order chi connectivity index (χ0) is 18.5. The van der Waals surface area contributed by atoms with Crippen LogP contribution in [0.5, 0.6) is 5.75 Å². The third kappa shape index (κ3) is 4.32. The second-order valence-corrected chi connectivity index (χ2v) is 6.64. The number of esters is 1. The average Bonchev–Trinajstić information content (AvgIpc) is 2.97. The lowest BCUT2D eigenvalue weighted by Gasteiger charge is -2.09. The van der Waals surface area contributed by atoms with Crippen molar-refractivity contribution in [3.63, 3.8) is 0 Å². The first-order valence-electron chi connectivity index (χ1n) is 8.09. The monoisotopic (exact) mass is 415 g/mol. The number of hydrogen-bond acceptors (Lipinski definition) is 5. The van der Waals surface area contributed by atoms with Gasteiger partial charge in [0.05, 0.1) is 16.8 Å². The van der Waals surface area contributed by atoms with Crippen LogP contribution < -0.4 is 4.74 Å². The lowest BCUT2D eigenvalue weighted by Crippen LogP contribution is -2.06. The smallest absolute Gasteiger partial charge is 0.338 e. The summed E-state index contributed by atoms with van der Waals surface area (Å²) < 4.78 is 17.2. The van der Waals surface area contributed by atoms with Gasteiger partial charge >= 0.3 is 5.97 Å². The Morgan fingerprint density at radius 3 is 2.65 bits per heavy atom. The Morgan fingerprint density at radius 2 is 1.92 bits per heavy atom. The van der Waals surface area contributed by atoms with Crippen molar-refractivity contribution in [2.45, 2.75) is 27.1 Å². The molecule has 3 rings (SSSR count). The fourth-order valence-corrected chi connectivity index (χ4v) is 2.82. The van der Waals surface area contributed by atoms with E-state index in [-0.39, 0.29) is 6.61 Å². The quantitative estimate of drug-likeness (QED) is 0.530. The van der Waals surface area contributed by atoms with Crippen molar-refractivity contribution in [2.75, 3.05) is 0 Å². The van der Waals surface area contributed by atoms with Gasteiger partial charge in [0.2, 0.25) is 0 Å². The van der Waals surface area contributed by atoms with E-state index in [9.17, 15) is 4.79 Å². The maximum Gasteiger partial charge on any atom is 0.338 e. The Hall–Kier alpha value is -2.60.